The highest BCUT2D eigenvalue weighted by Crippen LogP contribution is 2.40. The van der Waals surface area contributed by atoms with Crippen LogP contribution in [0.3, 0.4) is 0 Å². The van der Waals surface area contributed by atoms with Crippen LogP contribution in [0, 0.1) is 0 Å². The van der Waals surface area contributed by atoms with Crippen molar-refractivity contribution in [1.82, 2.24) is 9.80 Å². The van der Waals surface area contributed by atoms with Crippen LogP contribution in [0.5, 0.6) is 0 Å². The second-order valence-electron chi connectivity index (χ2n) is 6.90. The largest absolute Gasteiger partial charge is 0.330 e. The van der Waals surface area contributed by atoms with E-state index in [0.29, 0.717) is 17.1 Å². The Labute approximate surface area is 150 Å². The van der Waals surface area contributed by atoms with E-state index in [1.165, 1.54) is 38.5 Å². The Kier molecular flexibility index (Phi) is 5.56. The Bertz CT molecular complexity index is 456. The number of nitrogens with zero attached hydrogens (tertiary/aromatic N) is 2. The van der Waals surface area contributed by atoms with E-state index >= 15 is 0 Å². The SMILES string of the molecule is COC1(OC)C(=S)N(C2CCCCC2)C(=S)N1C1CCCCC1. The van der Waals surface area contributed by atoms with Crippen molar-refractivity contribution < 1.29 is 9.47 Å². The van der Waals surface area contributed by atoms with E-state index in [1.807, 2.05) is 0 Å². The summed E-state index contributed by atoms with van der Waals surface area (Å²) in [4.78, 5) is 5.04. The zero-order valence-corrected chi connectivity index (χ0v) is 15.9. The summed E-state index contributed by atoms with van der Waals surface area (Å²) >= 11 is 11.7. The molecule has 4 nitrogen and oxygen atoms in total. The number of rotatable bonds is 4. The zero-order valence-electron chi connectivity index (χ0n) is 14.3. The molecule has 0 radical (unpaired) electrons. The summed E-state index contributed by atoms with van der Waals surface area (Å²) in [5, 5.41) is 0.817. The van der Waals surface area contributed by atoms with E-state index in [1.54, 1.807) is 14.2 Å². The van der Waals surface area contributed by atoms with Crippen LogP contribution in [-0.4, -0.2) is 52.1 Å². The Balaban J connectivity index is 1.92. The molecular weight excluding hydrogens is 328 g/mol. The summed E-state index contributed by atoms with van der Waals surface area (Å²) in [5.41, 5.74) is 0. The third-order valence-electron chi connectivity index (χ3n) is 5.65. The molecule has 0 aromatic carbocycles. The Morgan fingerprint density at radius 2 is 1.30 bits per heavy atom. The van der Waals surface area contributed by atoms with E-state index in [0.717, 1.165) is 30.8 Å². The van der Waals surface area contributed by atoms with Crippen LogP contribution >= 0.6 is 24.4 Å². The first-order valence-corrected chi connectivity index (χ1v) is 9.74. The number of hydrogen-bond donors (Lipinski definition) is 0. The average molecular weight is 357 g/mol. The highest BCUT2D eigenvalue weighted by atomic mass is 32.1. The Morgan fingerprint density at radius 1 is 0.826 bits per heavy atom. The average Bonchev–Trinajstić information content (AvgIpc) is 2.83. The van der Waals surface area contributed by atoms with E-state index in [9.17, 15) is 0 Å². The van der Waals surface area contributed by atoms with Crippen molar-refractivity contribution in [1.29, 1.82) is 0 Å². The molecule has 1 aliphatic heterocycles. The highest BCUT2D eigenvalue weighted by molar-refractivity contribution is 7.82. The summed E-state index contributed by atoms with van der Waals surface area (Å²) in [6, 6.07) is 0.768. The van der Waals surface area contributed by atoms with Crippen molar-refractivity contribution in [3.8, 4) is 0 Å². The van der Waals surface area contributed by atoms with Crippen LogP contribution in [0.25, 0.3) is 0 Å². The molecule has 2 saturated carbocycles. The quantitative estimate of drug-likeness (QED) is 0.561. The van der Waals surface area contributed by atoms with Crippen LogP contribution in [0.2, 0.25) is 0 Å². The molecule has 23 heavy (non-hydrogen) atoms. The van der Waals surface area contributed by atoms with Gasteiger partial charge in [-0.05, 0) is 37.9 Å². The predicted molar refractivity (Wildman–Crippen MR) is 99.4 cm³/mol. The second-order valence-corrected chi connectivity index (χ2v) is 7.65. The molecule has 2 aliphatic carbocycles. The maximum atomic E-state index is 5.89. The molecule has 0 aromatic rings. The lowest BCUT2D eigenvalue weighted by Crippen LogP contribution is -2.56. The summed E-state index contributed by atoms with van der Waals surface area (Å²) in [6.45, 7) is 0. The first-order chi connectivity index (χ1) is 11.2. The van der Waals surface area contributed by atoms with Gasteiger partial charge >= 0.3 is 5.91 Å². The first-order valence-electron chi connectivity index (χ1n) is 8.93. The minimum atomic E-state index is -0.994. The molecular formula is C17H28N2O2S2. The number of hydrogen-bond acceptors (Lipinski definition) is 4. The Hall–Kier alpha value is -0.300. The molecule has 1 saturated heterocycles. The predicted octanol–water partition coefficient (Wildman–Crippen LogP) is 3.83. The zero-order chi connectivity index (χ0) is 16.4. The van der Waals surface area contributed by atoms with Gasteiger partial charge in [0, 0.05) is 26.3 Å². The van der Waals surface area contributed by atoms with Crippen LogP contribution < -0.4 is 0 Å². The fraction of sp³-hybridized carbons (Fsp3) is 0.882. The minimum absolute atomic E-state index is 0.364. The van der Waals surface area contributed by atoms with E-state index in [4.69, 9.17) is 33.9 Å². The van der Waals surface area contributed by atoms with Crippen molar-refractivity contribution in [2.45, 2.75) is 82.2 Å². The molecule has 0 N–H and O–H groups in total. The lowest BCUT2D eigenvalue weighted by molar-refractivity contribution is -0.227. The van der Waals surface area contributed by atoms with Gasteiger partial charge in [-0.15, -0.1) is 0 Å². The topological polar surface area (TPSA) is 24.9 Å². The van der Waals surface area contributed by atoms with E-state index in [-0.39, 0.29) is 0 Å². The van der Waals surface area contributed by atoms with Crippen molar-refractivity contribution in [3.63, 3.8) is 0 Å². The Morgan fingerprint density at radius 3 is 1.78 bits per heavy atom. The van der Waals surface area contributed by atoms with Crippen LogP contribution in [-0.2, 0) is 9.47 Å². The van der Waals surface area contributed by atoms with Gasteiger partial charge in [0.1, 0.15) is 0 Å². The number of ether oxygens (including phenoxy) is 2. The standard InChI is InChI=1S/C17H28N2O2S2/c1-20-17(21-2)15(22)18(13-9-5-3-6-10-13)16(23)19(17)14-11-7-4-8-12-14/h13-14H,3-12H2,1-2H3. The molecule has 130 valence electrons. The lowest BCUT2D eigenvalue weighted by atomic mass is 9.94. The summed E-state index contributed by atoms with van der Waals surface area (Å²) < 4.78 is 11.7. The summed E-state index contributed by atoms with van der Waals surface area (Å²) in [7, 11) is 3.36. The molecule has 3 aliphatic rings. The van der Waals surface area contributed by atoms with Gasteiger partial charge in [0.05, 0.1) is 0 Å². The molecule has 3 rings (SSSR count). The molecule has 0 spiro atoms. The van der Waals surface area contributed by atoms with E-state index in [2.05, 4.69) is 9.80 Å². The number of thiocarbonyl (C=S) groups is 2. The third kappa shape index (κ3) is 2.92. The fourth-order valence-electron chi connectivity index (χ4n) is 4.44. The van der Waals surface area contributed by atoms with Crippen molar-refractivity contribution in [2.24, 2.45) is 0 Å². The summed E-state index contributed by atoms with van der Waals surface area (Å²) in [5.74, 6) is -0.994. The monoisotopic (exact) mass is 356 g/mol. The molecule has 0 bridgehead atoms. The smallest absolute Gasteiger partial charge is 0.308 e. The first kappa shape index (κ1) is 17.5. The van der Waals surface area contributed by atoms with Crippen LogP contribution in [0.15, 0.2) is 0 Å². The van der Waals surface area contributed by atoms with Crippen LogP contribution in [0.1, 0.15) is 64.2 Å². The highest BCUT2D eigenvalue weighted by Gasteiger charge is 2.57. The molecule has 0 amide bonds. The van der Waals surface area contributed by atoms with Crippen molar-refractivity contribution in [3.05, 3.63) is 0 Å². The minimum Gasteiger partial charge on any atom is -0.330 e. The maximum Gasteiger partial charge on any atom is 0.308 e. The van der Waals surface area contributed by atoms with Crippen LogP contribution in [0.4, 0.5) is 0 Å². The molecule has 3 fully saturated rings. The second kappa shape index (κ2) is 7.30. The van der Waals surface area contributed by atoms with Gasteiger partial charge < -0.3 is 14.4 Å². The maximum absolute atomic E-state index is 5.89. The molecule has 6 heteroatoms. The lowest BCUT2D eigenvalue weighted by Gasteiger charge is -2.41. The fourth-order valence-corrected chi connectivity index (χ4v) is 5.50. The van der Waals surface area contributed by atoms with Crippen molar-refractivity contribution >= 4 is 34.5 Å². The molecule has 0 atom stereocenters. The molecule has 1 heterocycles. The van der Waals surface area contributed by atoms with Gasteiger partial charge in [-0.1, -0.05) is 50.7 Å². The van der Waals surface area contributed by atoms with E-state index < -0.39 is 5.91 Å². The van der Waals surface area contributed by atoms with Gasteiger partial charge in [-0.25, -0.2) is 0 Å². The molecule has 0 unspecified atom stereocenters. The van der Waals surface area contributed by atoms with Gasteiger partial charge in [-0.2, -0.15) is 0 Å². The van der Waals surface area contributed by atoms with Gasteiger partial charge in [0.2, 0.25) is 0 Å². The van der Waals surface area contributed by atoms with Crippen molar-refractivity contribution in [2.75, 3.05) is 14.2 Å². The number of methoxy groups -OCH3 is 2. The van der Waals surface area contributed by atoms with Gasteiger partial charge in [0.15, 0.2) is 10.1 Å². The van der Waals surface area contributed by atoms with Gasteiger partial charge in [-0.3, -0.25) is 4.90 Å². The van der Waals surface area contributed by atoms with Gasteiger partial charge in [0.25, 0.3) is 0 Å². The normalized spacial score (nSPS) is 27.0. The third-order valence-corrected chi connectivity index (χ3v) is 6.50. The molecule has 0 aromatic heterocycles. The summed E-state index contributed by atoms with van der Waals surface area (Å²) in [6.07, 6.45) is 12.2.